The van der Waals surface area contributed by atoms with E-state index in [0.717, 1.165) is 17.7 Å². The number of nitrogens with zero attached hydrogens (tertiary/aromatic N) is 3. The molecular weight excluding hydrogens is 292 g/mol. The SMILES string of the molecule is O=c1[nH]cnc(O)c1/C=N/N(c1ccccc1)c1ccccc1. The molecule has 1 heterocycles. The van der Waals surface area contributed by atoms with Crippen molar-refractivity contribution in [3.05, 3.63) is 82.9 Å². The van der Waals surface area contributed by atoms with Crippen LogP contribution in [0.4, 0.5) is 11.4 Å². The van der Waals surface area contributed by atoms with Gasteiger partial charge in [0.05, 0.1) is 23.9 Å². The molecule has 0 unspecified atom stereocenters. The van der Waals surface area contributed by atoms with E-state index in [1.165, 1.54) is 6.21 Å². The van der Waals surface area contributed by atoms with E-state index in [4.69, 9.17) is 0 Å². The van der Waals surface area contributed by atoms with Crippen molar-refractivity contribution in [1.82, 2.24) is 9.97 Å². The molecule has 0 atom stereocenters. The minimum atomic E-state index is -0.456. The predicted molar refractivity (Wildman–Crippen MR) is 89.1 cm³/mol. The summed E-state index contributed by atoms with van der Waals surface area (Å²) in [4.78, 5) is 17.8. The maximum absolute atomic E-state index is 11.8. The topological polar surface area (TPSA) is 81.6 Å². The van der Waals surface area contributed by atoms with Crippen LogP contribution in [0.25, 0.3) is 0 Å². The van der Waals surface area contributed by atoms with Gasteiger partial charge in [-0.15, -0.1) is 0 Å². The number of benzene rings is 2. The zero-order valence-electron chi connectivity index (χ0n) is 12.1. The molecule has 0 aliphatic heterocycles. The van der Waals surface area contributed by atoms with Crippen LogP contribution in [0.5, 0.6) is 5.88 Å². The zero-order valence-corrected chi connectivity index (χ0v) is 12.1. The Bertz CT molecular complexity index is 821. The van der Waals surface area contributed by atoms with Crippen LogP contribution >= 0.6 is 0 Å². The second kappa shape index (κ2) is 6.57. The summed E-state index contributed by atoms with van der Waals surface area (Å²) in [6.45, 7) is 0. The molecule has 6 heteroatoms. The quantitative estimate of drug-likeness (QED) is 0.573. The lowest BCUT2D eigenvalue weighted by Gasteiger charge is -2.19. The number of hydrogen-bond acceptors (Lipinski definition) is 5. The third-order valence-corrected chi connectivity index (χ3v) is 3.17. The Kier molecular flexibility index (Phi) is 4.15. The van der Waals surface area contributed by atoms with E-state index in [1.54, 1.807) is 5.01 Å². The van der Waals surface area contributed by atoms with Crippen LogP contribution < -0.4 is 10.6 Å². The number of rotatable bonds is 4. The number of nitrogens with one attached hydrogen (secondary N) is 1. The predicted octanol–water partition coefficient (Wildman–Crippen LogP) is 2.65. The standard InChI is InChI=1S/C17H14N4O2/c22-16-15(17(23)19-12-18-16)11-20-21(13-7-3-1-4-8-13)14-9-5-2-6-10-14/h1-12H,(H2,18,19,22,23)/b20-11+. The van der Waals surface area contributed by atoms with Gasteiger partial charge in [-0.2, -0.15) is 5.10 Å². The molecule has 0 aliphatic carbocycles. The van der Waals surface area contributed by atoms with Crippen molar-refractivity contribution in [2.45, 2.75) is 0 Å². The number of aromatic hydroxyl groups is 1. The van der Waals surface area contributed by atoms with Gasteiger partial charge in [0.15, 0.2) is 0 Å². The summed E-state index contributed by atoms with van der Waals surface area (Å²) in [5.41, 5.74) is 1.20. The molecule has 0 saturated carbocycles. The molecular formula is C17H14N4O2. The van der Waals surface area contributed by atoms with Gasteiger partial charge >= 0.3 is 0 Å². The number of H-pyrrole nitrogens is 1. The molecule has 0 aliphatic rings. The fourth-order valence-corrected chi connectivity index (χ4v) is 2.05. The molecule has 3 rings (SSSR count). The third-order valence-electron chi connectivity index (χ3n) is 3.17. The highest BCUT2D eigenvalue weighted by Gasteiger charge is 2.09. The van der Waals surface area contributed by atoms with Gasteiger partial charge in [0.25, 0.3) is 5.56 Å². The van der Waals surface area contributed by atoms with E-state index in [9.17, 15) is 9.90 Å². The van der Waals surface area contributed by atoms with Crippen molar-refractivity contribution in [3.63, 3.8) is 0 Å². The van der Waals surface area contributed by atoms with Crippen LogP contribution in [0.2, 0.25) is 0 Å². The first-order chi connectivity index (χ1) is 11.3. The summed E-state index contributed by atoms with van der Waals surface area (Å²) < 4.78 is 0. The molecule has 0 saturated heterocycles. The lowest BCUT2D eigenvalue weighted by molar-refractivity contribution is 0.450. The molecule has 6 nitrogen and oxygen atoms in total. The largest absolute Gasteiger partial charge is 0.493 e. The van der Waals surface area contributed by atoms with E-state index in [2.05, 4.69) is 15.1 Å². The Morgan fingerprint density at radius 3 is 2.09 bits per heavy atom. The van der Waals surface area contributed by atoms with Crippen LogP contribution in [-0.4, -0.2) is 21.3 Å². The number of aromatic nitrogens is 2. The molecule has 23 heavy (non-hydrogen) atoms. The smallest absolute Gasteiger partial charge is 0.263 e. The van der Waals surface area contributed by atoms with Crippen molar-refractivity contribution in [2.75, 3.05) is 5.01 Å². The molecule has 114 valence electrons. The average molecular weight is 306 g/mol. The molecule has 0 amide bonds. The first kappa shape index (κ1) is 14.5. The first-order valence-corrected chi connectivity index (χ1v) is 6.96. The van der Waals surface area contributed by atoms with Crippen molar-refractivity contribution < 1.29 is 5.11 Å². The van der Waals surface area contributed by atoms with Gasteiger partial charge in [-0.3, -0.25) is 4.79 Å². The Balaban J connectivity index is 2.03. The minimum Gasteiger partial charge on any atom is -0.493 e. The fraction of sp³-hybridized carbons (Fsp3) is 0. The number of hydrazone groups is 1. The number of hydrogen-bond donors (Lipinski definition) is 2. The molecule has 0 fully saturated rings. The fourth-order valence-electron chi connectivity index (χ4n) is 2.05. The van der Waals surface area contributed by atoms with Gasteiger partial charge in [-0.1, -0.05) is 36.4 Å². The monoisotopic (exact) mass is 306 g/mol. The molecule has 0 spiro atoms. The Labute approximate surface area is 132 Å². The van der Waals surface area contributed by atoms with Crippen molar-refractivity contribution in [2.24, 2.45) is 5.10 Å². The van der Waals surface area contributed by atoms with Crippen molar-refractivity contribution in [1.29, 1.82) is 0 Å². The van der Waals surface area contributed by atoms with Crippen LogP contribution in [0, 0.1) is 0 Å². The van der Waals surface area contributed by atoms with E-state index in [1.807, 2.05) is 60.7 Å². The lowest BCUT2D eigenvalue weighted by atomic mass is 10.2. The minimum absolute atomic E-state index is 0.00404. The number of anilines is 2. The normalized spacial score (nSPS) is 10.8. The third kappa shape index (κ3) is 3.26. The summed E-state index contributed by atoms with van der Waals surface area (Å²) in [6.07, 6.45) is 2.43. The van der Waals surface area contributed by atoms with Crippen LogP contribution in [-0.2, 0) is 0 Å². The molecule has 3 aromatic rings. The average Bonchev–Trinajstić information content (AvgIpc) is 2.59. The van der Waals surface area contributed by atoms with Crippen molar-refractivity contribution >= 4 is 17.6 Å². The van der Waals surface area contributed by atoms with E-state index < -0.39 is 5.56 Å². The Morgan fingerprint density at radius 2 is 1.57 bits per heavy atom. The molecule has 2 aromatic carbocycles. The zero-order chi connectivity index (χ0) is 16.1. The molecule has 2 N–H and O–H groups in total. The Hall–Kier alpha value is -3.41. The van der Waals surface area contributed by atoms with E-state index >= 15 is 0 Å². The maximum atomic E-state index is 11.8. The van der Waals surface area contributed by atoms with Gasteiger partial charge in [-0.25, -0.2) is 9.99 Å². The Morgan fingerprint density at radius 1 is 1.00 bits per heavy atom. The van der Waals surface area contributed by atoms with Gasteiger partial charge < -0.3 is 10.1 Å². The van der Waals surface area contributed by atoms with Gasteiger partial charge in [0, 0.05) is 0 Å². The second-order valence-corrected chi connectivity index (χ2v) is 4.70. The lowest BCUT2D eigenvalue weighted by Crippen LogP contribution is -2.15. The molecule has 0 bridgehead atoms. The maximum Gasteiger partial charge on any atom is 0.263 e. The summed E-state index contributed by atoms with van der Waals surface area (Å²) in [7, 11) is 0. The van der Waals surface area contributed by atoms with Crippen LogP contribution in [0.1, 0.15) is 5.56 Å². The highest BCUT2D eigenvalue weighted by Crippen LogP contribution is 2.25. The summed E-state index contributed by atoms with van der Waals surface area (Å²) in [6, 6.07) is 19.0. The van der Waals surface area contributed by atoms with Crippen LogP contribution in [0.15, 0.2) is 76.9 Å². The number of aromatic amines is 1. The molecule has 0 radical (unpaired) electrons. The summed E-state index contributed by atoms with van der Waals surface area (Å²) in [5, 5.41) is 15.7. The highest BCUT2D eigenvalue weighted by atomic mass is 16.3. The second-order valence-electron chi connectivity index (χ2n) is 4.70. The highest BCUT2D eigenvalue weighted by molar-refractivity contribution is 5.83. The number of para-hydroxylation sites is 2. The van der Waals surface area contributed by atoms with Crippen molar-refractivity contribution in [3.8, 4) is 5.88 Å². The van der Waals surface area contributed by atoms with Crippen LogP contribution in [0.3, 0.4) is 0 Å². The summed E-state index contributed by atoms with van der Waals surface area (Å²) in [5.74, 6) is -0.362. The van der Waals surface area contributed by atoms with E-state index in [-0.39, 0.29) is 11.4 Å². The first-order valence-electron chi connectivity index (χ1n) is 6.96. The van der Waals surface area contributed by atoms with E-state index in [0.29, 0.717) is 0 Å². The van der Waals surface area contributed by atoms with Gasteiger partial charge in [-0.05, 0) is 24.3 Å². The molecule has 1 aromatic heterocycles. The van der Waals surface area contributed by atoms with Gasteiger partial charge in [0.1, 0.15) is 5.56 Å². The van der Waals surface area contributed by atoms with Gasteiger partial charge in [0.2, 0.25) is 5.88 Å². The summed E-state index contributed by atoms with van der Waals surface area (Å²) >= 11 is 0.